The molecule has 0 unspecified atom stereocenters. The van der Waals surface area contributed by atoms with Crippen molar-refractivity contribution >= 4 is 40.7 Å². The van der Waals surface area contributed by atoms with Crippen molar-refractivity contribution in [2.24, 2.45) is 0 Å². The van der Waals surface area contributed by atoms with Crippen LogP contribution >= 0.6 is 11.6 Å². The Bertz CT molecular complexity index is 1240. The van der Waals surface area contributed by atoms with Gasteiger partial charge in [-0.2, -0.15) is 0 Å². The first kappa shape index (κ1) is 22.3. The number of nitrogens with zero attached hydrogens (tertiary/aromatic N) is 3. The number of carbonyl (C=O) groups is 2. The summed E-state index contributed by atoms with van der Waals surface area (Å²) in [5, 5.41) is 6.55. The summed E-state index contributed by atoms with van der Waals surface area (Å²) < 4.78 is 10.8. The van der Waals surface area contributed by atoms with Crippen LogP contribution in [-0.2, 0) is 20.7 Å². The first-order valence-corrected chi connectivity index (χ1v) is 11.2. The summed E-state index contributed by atoms with van der Waals surface area (Å²) in [6.07, 6.45) is 1.43. The van der Waals surface area contributed by atoms with E-state index in [4.69, 9.17) is 21.1 Å². The van der Waals surface area contributed by atoms with Crippen molar-refractivity contribution in [3.05, 3.63) is 64.8 Å². The zero-order chi connectivity index (χ0) is 23.7. The molecule has 0 spiro atoms. The monoisotopic (exact) mass is 479 g/mol. The molecule has 5 rings (SSSR count). The second-order valence-corrected chi connectivity index (χ2v) is 8.48. The van der Waals surface area contributed by atoms with Gasteiger partial charge in [0.1, 0.15) is 0 Å². The van der Waals surface area contributed by atoms with E-state index in [2.05, 4.69) is 20.6 Å². The minimum atomic E-state index is -0.383. The van der Waals surface area contributed by atoms with E-state index in [1.807, 2.05) is 6.07 Å². The lowest BCUT2D eigenvalue weighted by molar-refractivity contribution is -0.115. The van der Waals surface area contributed by atoms with Crippen LogP contribution < -0.4 is 10.6 Å². The number of likely N-dealkylation sites (N-methyl/N-ethyl adjacent to an activating group) is 1. The van der Waals surface area contributed by atoms with E-state index in [9.17, 15) is 9.59 Å². The molecular formula is C24H22ClN5O4. The largest absolute Gasteiger partial charge is 0.348 e. The van der Waals surface area contributed by atoms with E-state index < -0.39 is 0 Å². The lowest BCUT2D eigenvalue weighted by Gasteiger charge is -2.20. The van der Waals surface area contributed by atoms with Crippen LogP contribution in [0.15, 0.2) is 48.7 Å². The number of amides is 2. The molecule has 0 saturated carbocycles. The Morgan fingerprint density at radius 1 is 1.21 bits per heavy atom. The fraction of sp³-hybridized carbons (Fsp3) is 0.250. The van der Waals surface area contributed by atoms with Crippen molar-refractivity contribution in [1.82, 2.24) is 14.9 Å². The molecular weight excluding hydrogens is 458 g/mol. The predicted molar refractivity (Wildman–Crippen MR) is 127 cm³/mol. The number of halogens is 1. The average Bonchev–Trinajstić information content (AvgIpc) is 3.28. The van der Waals surface area contributed by atoms with Crippen LogP contribution in [0.25, 0.3) is 11.3 Å². The molecule has 2 N–H and O–H groups in total. The third kappa shape index (κ3) is 4.72. The van der Waals surface area contributed by atoms with Crippen molar-refractivity contribution in [3.63, 3.8) is 0 Å². The Hall–Kier alpha value is -3.53. The molecule has 2 aromatic carbocycles. The van der Waals surface area contributed by atoms with E-state index in [1.54, 1.807) is 54.5 Å². The number of hydrogen-bond donors (Lipinski definition) is 2. The molecule has 1 aromatic heterocycles. The van der Waals surface area contributed by atoms with E-state index in [-0.39, 0.29) is 24.5 Å². The second kappa shape index (κ2) is 9.38. The number of benzene rings is 2. The normalized spacial score (nSPS) is 15.2. The van der Waals surface area contributed by atoms with Gasteiger partial charge in [0, 0.05) is 40.6 Å². The second-order valence-electron chi connectivity index (χ2n) is 8.04. The molecule has 1 fully saturated rings. The average molecular weight is 480 g/mol. The number of aromatic nitrogens is 2. The Kier molecular flexibility index (Phi) is 6.14. The van der Waals surface area contributed by atoms with E-state index in [0.717, 1.165) is 16.8 Å². The van der Waals surface area contributed by atoms with Crippen LogP contribution in [0.5, 0.6) is 0 Å². The molecule has 0 atom stereocenters. The summed E-state index contributed by atoms with van der Waals surface area (Å²) >= 11 is 6.10. The first-order valence-electron chi connectivity index (χ1n) is 10.8. The zero-order valence-electron chi connectivity index (χ0n) is 18.4. The highest BCUT2D eigenvalue weighted by atomic mass is 35.5. The highest BCUT2D eigenvalue weighted by molar-refractivity contribution is 6.31. The maximum absolute atomic E-state index is 12.7. The van der Waals surface area contributed by atoms with Crippen molar-refractivity contribution < 1.29 is 19.1 Å². The third-order valence-electron chi connectivity index (χ3n) is 5.57. The van der Waals surface area contributed by atoms with Gasteiger partial charge in [-0.05, 0) is 42.5 Å². The van der Waals surface area contributed by atoms with E-state index in [1.165, 1.54) is 0 Å². The Morgan fingerprint density at radius 2 is 1.97 bits per heavy atom. The number of carbonyl (C=O) groups excluding carboxylic acids is 2. The Labute approximate surface area is 201 Å². The number of anilines is 3. The van der Waals surface area contributed by atoms with Crippen molar-refractivity contribution in [2.45, 2.75) is 12.7 Å². The summed E-state index contributed by atoms with van der Waals surface area (Å²) in [5.41, 5.74) is 4.04. The van der Waals surface area contributed by atoms with Crippen molar-refractivity contribution in [2.75, 3.05) is 37.4 Å². The number of nitrogens with one attached hydrogen (secondary N) is 2. The Morgan fingerprint density at radius 3 is 2.74 bits per heavy atom. The summed E-state index contributed by atoms with van der Waals surface area (Å²) in [5.74, 6) is 0.1000. The molecule has 3 aromatic rings. The van der Waals surface area contributed by atoms with Gasteiger partial charge < -0.3 is 25.0 Å². The molecule has 1 saturated heterocycles. The third-order valence-corrected chi connectivity index (χ3v) is 5.81. The molecule has 10 heteroatoms. The molecule has 0 aliphatic carbocycles. The standard InChI is InChI=1S/C24H22ClN5O4/c1-30(13-21-33-8-9-34-21)23(32)14-2-5-17(6-3-14)27-24-26-12-15-10-20(31)28-19-11-16(25)4-7-18(19)22(15)29-24/h2-7,11-12,21H,8-10,13H2,1H3,(H,28,31)(H,26,27,29). The van der Waals surface area contributed by atoms with Gasteiger partial charge in [0.2, 0.25) is 11.9 Å². The van der Waals surface area contributed by atoms with Gasteiger partial charge in [0.25, 0.3) is 5.91 Å². The quantitative estimate of drug-likeness (QED) is 0.577. The lowest BCUT2D eigenvalue weighted by Crippen LogP contribution is -2.34. The molecule has 174 valence electrons. The van der Waals surface area contributed by atoms with Gasteiger partial charge in [0.15, 0.2) is 6.29 Å². The molecule has 2 aliphatic heterocycles. The van der Waals surface area contributed by atoms with Gasteiger partial charge in [-0.15, -0.1) is 0 Å². The highest BCUT2D eigenvalue weighted by Gasteiger charge is 2.23. The molecule has 2 amide bonds. The maximum Gasteiger partial charge on any atom is 0.253 e. The van der Waals surface area contributed by atoms with Crippen molar-refractivity contribution in [1.29, 1.82) is 0 Å². The number of fused-ring (bicyclic) bond motifs is 3. The lowest BCUT2D eigenvalue weighted by atomic mass is 10.1. The number of rotatable bonds is 5. The summed E-state index contributed by atoms with van der Waals surface area (Å²) in [4.78, 5) is 35.5. The highest BCUT2D eigenvalue weighted by Crippen LogP contribution is 2.34. The first-order chi connectivity index (χ1) is 16.5. The molecule has 0 radical (unpaired) electrons. The fourth-order valence-corrected chi connectivity index (χ4v) is 4.06. The molecule has 0 bridgehead atoms. The molecule has 2 aliphatic rings. The zero-order valence-corrected chi connectivity index (χ0v) is 19.1. The topological polar surface area (TPSA) is 106 Å². The number of ether oxygens (including phenoxy) is 2. The number of hydrogen-bond acceptors (Lipinski definition) is 7. The predicted octanol–water partition coefficient (Wildman–Crippen LogP) is 3.48. The van der Waals surface area contributed by atoms with Crippen LogP contribution in [0.4, 0.5) is 17.3 Å². The minimum Gasteiger partial charge on any atom is -0.348 e. The molecule has 3 heterocycles. The molecule has 34 heavy (non-hydrogen) atoms. The van der Waals surface area contributed by atoms with Gasteiger partial charge in [-0.25, -0.2) is 9.97 Å². The fourth-order valence-electron chi connectivity index (χ4n) is 3.89. The van der Waals surface area contributed by atoms with Gasteiger partial charge in [0.05, 0.1) is 37.6 Å². The summed E-state index contributed by atoms with van der Waals surface area (Å²) in [6, 6.07) is 12.3. The minimum absolute atomic E-state index is 0.126. The SMILES string of the molecule is CN(CC1OCCO1)C(=O)c1ccc(Nc2ncc3c(n2)-c2ccc(Cl)cc2NC(=O)C3)cc1. The van der Waals surface area contributed by atoms with Crippen LogP contribution in [0.3, 0.4) is 0 Å². The van der Waals surface area contributed by atoms with Crippen LogP contribution in [0.1, 0.15) is 15.9 Å². The van der Waals surface area contributed by atoms with E-state index >= 15 is 0 Å². The Balaban J connectivity index is 1.33. The maximum atomic E-state index is 12.7. The van der Waals surface area contributed by atoms with Crippen LogP contribution in [-0.4, -0.2) is 59.8 Å². The summed E-state index contributed by atoms with van der Waals surface area (Å²) in [7, 11) is 1.72. The van der Waals surface area contributed by atoms with Gasteiger partial charge in [-0.1, -0.05) is 11.6 Å². The van der Waals surface area contributed by atoms with E-state index in [0.29, 0.717) is 47.7 Å². The molecule has 9 nitrogen and oxygen atoms in total. The van der Waals surface area contributed by atoms with Crippen molar-refractivity contribution in [3.8, 4) is 11.3 Å². The van der Waals surface area contributed by atoms with Gasteiger partial charge in [-0.3, -0.25) is 9.59 Å². The smallest absolute Gasteiger partial charge is 0.253 e. The summed E-state index contributed by atoms with van der Waals surface area (Å²) in [6.45, 7) is 1.46. The van der Waals surface area contributed by atoms with Gasteiger partial charge >= 0.3 is 0 Å². The van der Waals surface area contributed by atoms with Crippen LogP contribution in [0, 0.1) is 0 Å². The van der Waals surface area contributed by atoms with Crippen LogP contribution in [0.2, 0.25) is 5.02 Å².